The third-order valence-corrected chi connectivity index (χ3v) is 5.61. The second-order valence-electron chi connectivity index (χ2n) is 6.33. The Hall–Kier alpha value is -2.71. The Balaban J connectivity index is 1.82. The van der Waals surface area contributed by atoms with Crippen LogP contribution in [0.2, 0.25) is 0 Å². The summed E-state index contributed by atoms with van der Waals surface area (Å²) in [7, 11) is -3.93. The molecule has 0 saturated heterocycles. The maximum absolute atomic E-state index is 13.5. The Morgan fingerprint density at radius 2 is 1.27 bits per heavy atom. The predicted molar refractivity (Wildman–Crippen MR) is 101 cm³/mol. The van der Waals surface area contributed by atoms with Crippen molar-refractivity contribution in [1.29, 1.82) is 0 Å². The quantitative estimate of drug-likeness (QED) is 0.534. The lowest BCUT2D eigenvalue weighted by atomic mass is 10.0. The van der Waals surface area contributed by atoms with Gasteiger partial charge >= 0.3 is 7.82 Å². The summed E-state index contributed by atoms with van der Waals surface area (Å²) in [4.78, 5) is 0. The molecule has 4 nitrogen and oxygen atoms in total. The molecule has 0 bridgehead atoms. The van der Waals surface area contributed by atoms with E-state index in [4.69, 9.17) is 13.6 Å². The minimum Gasteiger partial charge on any atom is -0.386 e. The second-order valence-corrected chi connectivity index (χ2v) is 7.78. The van der Waals surface area contributed by atoms with Crippen LogP contribution in [0.3, 0.4) is 0 Å². The van der Waals surface area contributed by atoms with Crippen molar-refractivity contribution in [2.24, 2.45) is 0 Å². The van der Waals surface area contributed by atoms with E-state index < -0.39 is 7.82 Å². The summed E-state index contributed by atoms with van der Waals surface area (Å²) in [6, 6.07) is 20.8. The summed E-state index contributed by atoms with van der Waals surface area (Å²) >= 11 is 0. The molecule has 0 atom stereocenters. The number of para-hydroxylation sites is 3. The molecule has 0 aromatic heterocycles. The van der Waals surface area contributed by atoms with Gasteiger partial charge in [-0.15, -0.1) is 0 Å². The van der Waals surface area contributed by atoms with Crippen LogP contribution in [-0.4, -0.2) is 0 Å². The summed E-state index contributed by atoms with van der Waals surface area (Å²) in [6.45, 7) is 3.81. The molecule has 0 spiro atoms. The molecule has 0 amide bonds. The van der Waals surface area contributed by atoms with Crippen molar-refractivity contribution in [1.82, 2.24) is 0 Å². The third kappa shape index (κ3) is 3.21. The zero-order chi connectivity index (χ0) is 18.1. The van der Waals surface area contributed by atoms with Gasteiger partial charge in [-0.1, -0.05) is 54.6 Å². The molecular formula is C21H19O4P. The van der Waals surface area contributed by atoms with E-state index in [1.54, 1.807) is 12.1 Å². The van der Waals surface area contributed by atoms with Gasteiger partial charge in [0.1, 0.15) is 17.2 Å². The number of hydrogen-bond donors (Lipinski definition) is 0. The van der Waals surface area contributed by atoms with Crippen LogP contribution in [0.5, 0.6) is 17.2 Å². The Morgan fingerprint density at radius 1 is 0.769 bits per heavy atom. The molecule has 0 fully saturated rings. The summed E-state index contributed by atoms with van der Waals surface area (Å²) in [6.07, 6.45) is 0.635. The van der Waals surface area contributed by atoms with Gasteiger partial charge in [-0.3, -0.25) is 0 Å². The van der Waals surface area contributed by atoms with E-state index in [1.165, 1.54) is 0 Å². The molecule has 0 N–H and O–H groups in total. The van der Waals surface area contributed by atoms with Crippen molar-refractivity contribution in [2.75, 3.05) is 0 Å². The molecule has 5 heteroatoms. The van der Waals surface area contributed by atoms with Gasteiger partial charge in [-0.2, -0.15) is 4.57 Å². The molecule has 4 rings (SSSR count). The first kappa shape index (κ1) is 16.7. The van der Waals surface area contributed by atoms with E-state index >= 15 is 0 Å². The smallest absolute Gasteiger partial charge is 0.386 e. The summed E-state index contributed by atoms with van der Waals surface area (Å²) in [5, 5.41) is 0. The highest BCUT2D eigenvalue weighted by Crippen LogP contribution is 2.53. The molecule has 0 aliphatic carbocycles. The molecule has 0 saturated carbocycles. The monoisotopic (exact) mass is 366 g/mol. The zero-order valence-corrected chi connectivity index (χ0v) is 15.5. The average molecular weight is 366 g/mol. The fourth-order valence-electron chi connectivity index (χ4n) is 3.03. The Morgan fingerprint density at radius 3 is 1.81 bits per heavy atom. The van der Waals surface area contributed by atoms with Gasteiger partial charge in [0.05, 0.1) is 0 Å². The van der Waals surface area contributed by atoms with Crippen LogP contribution >= 0.6 is 7.82 Å². The van der Waals surface area contributed by atoms with Gasteiger partial charge < -0.3 is 13.6 Å². The van der Waals surface area contributed by atoms with E-state index in [-0.39, 0.29) is 0 Å². The third-order valence-electron chi connectivity index (χ3n) is 4.36. The molecule has 132 valence electrons. The SMILES string of the molecule is Cc1cccc(C)c1OP1(=O)Oc2ccccc2Cc2ccccc2O1. The van der Waals surface area contributed by atoms with Crippen molar-refractivity contribution >= 4 is 7.82 Å². The van der Waals surface area contributed by atoms with E-state index in [0.717, 1.165) is 22.3 Å². The van der Waals surface area contributed by atoms with Gasteiger partial charge in [0, 0.05) is 6.42 Å². The first-order valence-corrected chi connectivity index (χ1v) is 9.91. The average Bonchev–Trinajstić information content (AvgIpc) is 2.60. The highest BCUT2D eigenvalue weighted by Gasteiger charge is 2.37. The second kappa shape index (κ2) is 6.54. The summed E-state index contributed by atoms with van der Waals surface area (Å²) in [5.41, 5.74) is 3.62. The van der Waals surface area contributed by atoms with E-state index in [9.17, 15) is 4.57 Å². The van der Waals surface area contributed by atoms with Gasteiger partial charge in [-0.25, -0.2) is 0 Å². The largest absolute Gasteiger partial charge is 0.647 e. The molecule has 1 aliphatic heterocycles. The summed E-state index contributed by atoms with van der Waals surface area (Å²) in [5.74, 6) is 1.54. The zero-order valence-electron chi connectivity index (χ0n) is 14.6. The lowest BCUT2D eigenvalue weighted by Gasteiger charge is -2.25. The van der Waals surface area contributed by atoms with Crippen molar-refractivity contribution in [3.05, 3.63) is 89.0 Å². The lowest BCUT2D eigenvalue weighted by Crippen LogP contribution is -2.12. The topological polar surface area (TPSA) is 44.8 Å². The maximum atomic E-state index is 13.5. The van der Waals surface area contributed by atoms with E-state index in [1.807, 2.05) is 68.4 Å². The first-order valence-electron chi connectivity index (χ1n) is 8.45. The van der Waals surface area contributed by atoms with Crippen molar-refractivity contribution in [2.45, 2.75) is 20.3 Å². The van der Waals surface area contributed by atoms with Gasteiger partial charge in [0.25, 0.3) is 0 Å². The predicted octanol–water partition coefficient (Wildman–Crippen LogP) is 5.85. The van der Waals surface area contributed by atoms with Crippen LogP contribution in [0.4, 0.5) is 0 Å². The number of hydrogen-bond acceptors (Lipinski definition) is 4. The lowest BCUT2D eigenvalue weighted by molar-refractivity contribution is 0.293. The molecule has 26 heavy (non-hydrogen) atoms. The van der Waals surface area contributed by atoms with Crippen molar-refractivity contribution < 1.29 is 18.1 Å². The van der Waals surface area contributed by atoms with Crippen LogP contribution in [0.1, 0.15) is 22.3 Å². The molecule has 0 unspecified atom stereocenters. The molecule has 3 aromatic rings. The highest BCUT2D eigenvalue weighted by molar-refractivity contribution is 7.49. The number of benzene rings is 3. The van der Waals surface area contributed by atoms with E-state index in [0.29, 0.717) is 23.7 Å². The Bertz CT molecular complexity index is 941. The minimum atomic E-state index is -3.93. The number of fused-ring (bicyclic) bond motifs is 2. The number of rotatable bonds is 2. The Labute approximate surface area is 153 Å². The van der Waals surface area contributed by atoms with Crippen LogP contribution in [-0.2, 0) is 11.0 Å². The molecule has 0 radical (unpaired) electrons. The normalized spacial score (nSPS) is 14.7. The van der Waals surface area contributed by atoms with Crippen molar-refractivity contribution in [3.63, 3.8) is 0 Å². The molecule has 1 heterocycles. The maximum Gasteiger partial charge on any atom is 0.647 e. The van der Waals surface area contributed by atoms with Crippen LogP contribution in [0.15, 0.2) is 66.7 Å². The number of phosphoric ester groups is 1. The van der Waals surface area contributed by atoms with Crippen molar-refractivity contribution in [3.8, 4) is 17.2 Å². The standard InChI is InChI=1S/C21H19O4P/c1-15-8-7-9-16(2)21(15)25-26(22)23-19-12-5-3-10-17(19)14-18-11-4-6-13-20(18)24-26/h3-13H,14H2,1-2H3. The van der Waals surface area contributed by atoms with E-state index in [2.05, 4.69) is 0 Å². The Kier molecular flexibility index (Phi) is 4.21. The van der Waals surface area contributed by atoms with Crippen LogP contribution in [0, 0.1) is 13.8 Å². The minimum absolute atomic E-state index is 0.511. The van der Waals surface area contributed by atoms with Gasteiger partial charge in [-0.05, 0) is 48.2 Å². The van der Waals surface area contributed by atoms with Crippen LogP contribution < -0.4 is 13.6 Å². The van der Waals surface area contributed by atoms with Crippen LogP contribution in [0.25, 0.3) is 0 Å². The van der Waals surface area contributed by atoms with Gasteiger partial charge in [0.2, 0.25) is 0 Å². The first-order chi connectivity index (χ1) is 12.5. The fourth-order valence-corrected chi connectivity index (χ4v) is 4.50. The number of aryl methyl sites for hydroxylation is 2. The van der Waals surface area contributed by atoms with Gasteiger partial charge in [0.15, 0.2) is 0 Å². The molecular weight excluding hydrogens is 347 g/mol. The fraction of sp³-hybridized carbons (Fsp3) is 0.143. The number of phosphoric acid groups is 1. The summed E-state index contributed by atoms with van der Waals surface area (Å²) < 4.78 is 31.0. The molecule has 1 aliphatic rings. The molecule has 3 aromatic carbocycles. The highest BCUT2D eigenvalue weighted by atomic mass is 31.2.